The lowest BCUT2D eigenvalue weighted by molar-refractivity contribution is 0.0695. The summed E-state index contributed by atoms with van der Waals surface area (Å²) in [5, 5.41) is 12.9. The van der Waals surface area contributed by atoms with Crippen molar-refractivity contribution in [1.29, 1.82) is 0 Å². The fraction of sp³-hybridized carbons (Fsp3) is 0.429. The number of hydrogen-bond donors (Lipinski definition) is 3. The van der Waals surface area contributed by atoms with Crippen LogP contribution >= 0.6 is 0 Å². The van der Waals surface area contributed by atoms with Crippen molar-refractivity contribution < 1.29 is 9.90 Å². The van der Waals surface area contributed by atoms with E-state index in [1.165, 1.54) is 31.0 Å². The van der Waals surface area contributed by atoms with Gasteiger partial charge in [0.05, 0.1) is 5.69 Å². The van der Waals surface area contributed by atoms with Crippen LogP contribution in [-0.4, -0.2) is 41.2 Å². The molecule has 1 aliphatic heterocycles. The highest BCUT2D eigenvalue weighted by atomic mass is 16.4. The van der Waals surface area contributed by atoms with E-state index in [0.717, 1.165) is 30.3 Å². The molecule has 4 rings (SSSR count). The molecule has 3 N–H and O–H groups in total. The molecule has 1 saturated heterocycles. The van der Waals surface area contributed by atoms with E-state index in [0.29, 0.717) is 18.2 Å². The van der Waals surface area contributed by atoms with E-state index in [-0.39, 0.29) is 5.56 Å². The second-order valence-corrected chi connectivity index (χ2v) is 7.49. The Kier molecular flexibility index (Phi) is 4.74. The van der Waals surface area contributed by atoms with Gasteiger partial charge in [-0.05, 0) is 55.0 Å². The maximum Gasteiger partial charge on any atom is 0.341 e. The van der Waals surface area contributed by atoms with Crippen molar-refractivity contribution in [2.75, 3.05) is 18.0 Å². The largest absolute Gasteiger partial charge is 0.477 e. The monoisotopic (exact) mass is 367 g/mol. The van der Waals surface area contributed by atoms with Crippen LogP contribution in [0.5, 0.6) is 0 Å². The van der Waals surface area contributed by atoms with Gasteiger partial charge in [0, 0.05) is 30.9 Å². The number of carboxylic acids is 1. The third-order valence-corrected chi connectivity index (χ3v) is 5.49. The molecule has 0 spiro atoms. The van der Waals surface area contributed by atoms with Gasteiger partial charge in [-0.1, -0.05) is 19.1 Å². The minimum atomic E-state index is -1.20. The molecule has 2 heterocycles. The Bertz CT molecular complexity index is 900. The number of pyridine rings is 1. The number of nitrogens with zero attached hydrogens (tertiary/aromatic N) is 1. The number of anilines is 1. The first-order valence-corrected chi connectivity index (χ1v) is 9.66. The molecule has 1 aliphatic carbocycles. The summed E-state index contributed by atoms with van der Waals surface area (Å²) in [6.45, 7) is 4.03. The van der Waals surface area contributed by atoms with Crippen LogP contribution in [0.4, 0.5) is 5.69 Å². The summed E-state index contributed by atoms with van der Waals surface area (Å²) in [7, 11) is 0. The molecular formula is C21H25N3O3. The molecule has 6 nitrogen and oxygen atoms in total. The molecule has 6 heteroatoms. The zero-order valence-electron chi connectivity index (χ0n) is 15.5. The van der Waals surface area contributed by atoms with E-state index < -0.39 is 11.5 Å². The first kappa shape index (κ1) is 17.8. The summed E-state index contributed by atoms with van der Waals surface area (Å²) in [5.74, 6) is -1.20. The zero-order valence-corrected chi connectivity index (χ0v) is 15.5. The lowest BCUT2D eigenvalue weighted by Crippen LogP contribution is -2.33. The van der Waals surface area contributed by atoms with Crippen LogP contribution in [0.2, 0.25) is 0 Å². The highest BCUT2D eigenvalue weighted by Crippen LogP contribution is 2.28. The SMILES string of the molecule is CCc1cc(C(=O)O)c(=O)[nH]c1-c1ccc(N2CCC(NC3CC3)C2)cc1. The van der Waals surface area contributed by atoms with Gasteiger partial charge >= 0.3 is 5.97 Å². The van der Waals surface area contributed by atoms with Crippen LogP contribution in [0.15, 0.2) is 35.1 Å². The third kappa shape index (κ3) is 3.76. The van der Waals surface area contributed by atoms with Crippen LogP contribution in [-0.2, 0) is 6.42 Å². The summed E-state index contributed by atoms with van der Waals surface area (Å²) < 4.78 is 0. The van der Waals surface area contributed by atoms with E-state index in [4.69, 9.17) is 5.11 Å². The number of aromatic carboxylic acids is 1. The van der Waals surface area contributed by atoms with Crippen molar-refractivity contribution in [1.82, 2.24) is 10.3 Å². The van der Waals surface area contributed by atoms with E-state index in [1.54, 1.807) is 0 Å². The third-order valence-electron chi connectivity index (χ3n) is 5.49. The van der Waals surface area contributed by atoms with E-state index in [2.05, 4.69) is 27.3 Å². The quantitative estimate of drug-likeness (QED) is 0.731. The fourth-order valence-corrected chi connectivity index (χ4v) is 3.82. The second kappa shape index (κ2) is 7.19. The van der Waals surface area contributed by atoms with Crippen LogP contribution in [0, 0.1) is 0 Å². The topological polar surface area (TPSA) is 85.4 Å². The number of aromatic amines is 1. The van der Waals surface area contributed by atoms with Crippen molar-refractivity contribution in [2.24, 2.45) is 0 Å². The molecule has 0 bridgehead atoms. The predicted octanol–water partition coefficient (Wildman–Crippen LogP) is 2.63. The zero-order chi connectivity index (χ0) is 19.0. The first-order valence-electron chi connectivity index (χ1n) is 9.66. The molecule has 2 aromatic rings. The molecular weight excluding hydrogens is 342 g/mol. The van der Waals surface area contributed by atoms with Gasteiger partial charge in [0.2, 0.25) is 0 Å². The summed E-state index contributed by atoms with van der Waals surface area (Å²) in [6.07, 6.45) is 4.44. The molecule has 1 atom stereocenters. The van der Waals surface area contributed by atoms with E-state index >= 15 is 0 Å². The molecule has 1 unspecified atom stereocenters. The van der Waals surface area contributed by atoms with Crippen molar-refractivity contribution in [3.05, 3.63) is 51.8 Å². The second-order valence-electron chi connectivity index (χ2n) is 7.49. The van der Waals surface area contributed by atoms with Crippen molar-refractivity contribution in [2.45, 2.75) is 44.7 Å². The highest BCUT2D eigenvalue weighted by Gasteiger charge is 2.29. The Hall–Kier alpha value is -2.60. The van der Waals surface area contributed by atoms with Gasteiger partial charge < -0.3 is 20.3 Å². The Labute approximate surface area is 158 Å². The number of aromatic nitrogens is 1. The van der Waals surface area contributed by atoms with Crippen molar-refractivity contribution in [3.8, 4) is 11.3 Å². The molecule has 1 aromatic carbocycles. The molecule has 1 saturated carbocycles. The van der Waals surface area contributed by atoms with Crippen molar-refractivity contribution >= 4 is 11.7 Å². The maximum absolute atomic E-state index is 12.1. The smallest absolute Gasteiger partial charge is 0.341 e. The van der Waals surface area contributed by atoms with E-state index in [1.807, 2.05) is 19.1 Å². The molecule has 1 aromatic heterocycles. The molecule has 0 radical (unpaired) electrons. The lowest BCUT2D eigenvalue weighted by Gasteiger charge is -2.20. The molecule has 142 valence electrons. The average Bonchev–Trinajstić information content (AvgIpc) is 3.36. The van der Waals surface area contributed by atoms with Gasteiger partial charge in [-0.15, -0.1) is 0 Å². The fourth-order valence-electron chi connectivity index (χ4n) is 3.82. The van der Waals surface area contributed by atoms with Gasteiger partial charge in [-0.25, -0.2) is 4.79 Å². The number of H-pyrrole nitrogens is 1. The number of nitrogens with one attached hydrogen (secondary N) is 2. The maximum atomic E-state index is 12.1. The van der Waals surface area contributed by atoms with Gasteiger partial charge in [0.25, 0.3) is 5.56 Å². The Balaban J connectivity index is 1.54. The summed E-state index contributed by atoms with van der Waals surface area (Å²) in [6, 6.07) is 11.0. The summed E-state index contributed by atoms with van der Waals surface area (Å²) in [4.78, 5) is 28.4. The number of benzene rings is 1. The van der Waals surface area contributed by atoms with Crippen LogP contribution in [0.3, 0.4) is 0 Å². The minimum absolute atomic E-state index is 0.210. The molecule has 0 amide bonds. The summed E-state index contributed by atoms with van der Waals surface area (Å²) in [5.41, 5.74) is 2.84. The molecule has 2 aliphatic rings. The summed E-state index contributed by atoms with van der Waals surface area (Å²) >= 11 is 0. The molecule has 2 fully saturated rings. The van der Waals surface area contributed by atoms with Crippen LogP contribution < -0.4 is 15.8 Å². The standard InChI is InChI=1S/C21H25N3O3/c1-2-13-11-18(21(26)27)20(25)23-19(13)14-3-7-17(8-4-14)24-10-9-16(12-24)22-15-5-6-15/h3-4,7-8,11,15-16,22H,2,5-6,9-10,12H2,1H3,(H,23,25)(H,26,27). The van der Waals surface area contributed by atoms with Crippen molar-refractivity contribution in [3.63, 3.8) is 0 Å². The van der Waals surface area contributed by atoms with E-state index in [9.17, 15) is 9.59 Å². The van der Waals surface area contributed by atoms with Gasteiger partial charge in [-0.2, -0.15) is 0 Å². The van der Waals surface area contributed by atoms with Gasteiger partial charge in [0.1, 0.15) is 5.56 Å². The molecule has 27 heavy (non-hydrogen) atoms. The highest BCUT2D eigenvalue weighted by molar-refractivity contribution is 5.88. The number of rotatable bonds is 6. The lowest BCUT2D eigenvalue weighted by atomic mass is 10.0. The number of carbonyl (C=O) groups is 1. The van der Waals surface area contributed by atoms with Gasteiger partial charge in [0.15, 0.2) is 0 Å². The first-order chi connectivity index (χ1) is 13.0. The average molecular weight is 367 g/mol. The Morgan fingerprint density at radius 2 is 1.96 bits per heavy atom. The van der Waals surface area contributed by atoms with Gasteiger partial charge in [-0.3, -0.25) is 4.79 Å². The number of aryl methyl sites for hydroxylation is 1. The number of hydrogen-bond acceptors (Lipinski definition) is 4. The Morgan fingerprint density at radius 1 is 1.22 bits per heavy atom. The predicted molar refractivity (Wildman–Crippen MR) is 106 cm³/mol. The normalized spacial score (nSPS) is 19.4. The Morgan fingerprint density at radius 3 is 2.59 bits per heavy atom. The van der Waals surface area contributed by atoms with Crippen LogP contribution in [0.25, 0.3) is 11.3 Å². The van der Waals surface area contributed by atoms with Crippen LogP contribution in [0.1, 0.15) is 42.1 Å². The minimum Gasteiger partial charge on any atom is -0.477 e. The number of carboxylic acid groups (broad SMARTS) is 1.